The van der Waals surface area contributed by atoms with E-state index in [1.54, 1.807) is 0 Å². The molecule has 0 spiro atoms. The van der Waals surface area contributed by atoms with Crippen LogP contribution in [0.2, 0.25) is 0 Å². The first-order chi connectivity index (χ1) is 26.9. The van der Waals surface area contributed by atoms with Crippen molar-refractivity contribution in [2.45, 2.75) is 0 Å². The molecule has 0 aliphatic carbocycles. The first-order valence-corrected chi connectivity index (χ1v) is 16.3. The van der Waals surface area contributed by atoms with Crippen molar-refractivity contribution in [2.24, 2.45) is 0 Å². The van der Waals surface area contributed by atoms with Gasteiger partial charge in [0, 0.05) is 32.8 Å². The molecule has 5 nitrogen and oxygen atoms in total. The van der Waals surface area contributed by atoms with Crippen LogP contribution in [0.4, 0.5) is 0 Å². The summed E-state index contributed by atoms with van der Waals surface area (Å²) in [5.74, 6) is 0.580. The zero-order valence-electron chi connectivity index (χ0n) is 31.5. The summed E-state index contributed by atoms with van der Waals surface area (Å²) in [6.07, 6.45) is 0. The lowest BCUT2D eigenvalue weighted by Crippen LogP contribution is -2.00. The van der Waals surface area contributed by atoms with Gasteiger partial charge in [-0.3, -0.25) is 0 Å². The molecule has 0 aliphatic rings. The Morgan fingerprint density at radius 1 is 0.460 bits per heavy atom. The second-order valence-electron chi connectivity index (χ2n) is 12.1. The van der Waals surface area contributed by atoms with E-state index in [0.29, 0.717) is 22.5 Å². The van der Waals surface area contributed by atoms with E-state index in [9.17, 15) is 0 Å². The fourth-order valence-corrected chi connectivity index (χ4v) is 6.97. The molecule has 0 atom stereocenters. The van der Waals surface area contributed by atoms with Gasteiger partial charge in [0.25, 0.3) is 0 Å². The highest BCUT2D eigenvalue weighted by Crippen LogP contribution is 2.42. The van der Waals surface area contributed by atoms with Crippen LogP contribution in [-0.4, -0.2) is 19.5 Å². The smallest absolute Gasteiger partial charge is 0.164 e. The van der Waals surface area contributed by atoms with E-state index < -0.39 is 18.1 Å². The number of para-hydroxylation sites is 1. The average Bonchev–Trinajstić information content (AvgIpc) is 3.78. The van der Waals surface area contributed by atoms with Gasteiger partial charge in [0.15, 0.2) is 17.5 Å². The minimum Gasteiger partial charge on any atom is -0.456 e. The van der Waals surface area contributed by atoms with E-state index >= 15 is 0 Å². The van der Waals surface area contributed by atoms with Gasteiger partial charge < -0.3 is 8.98 Å². The van der Waals surface area contributed by atoms with Gasteiger partial charge in [-0.2, -0.15) is 0 Å². The van der Waals surface area contributed by atoms with Crippen LogP contribution >= 0.6 is 0 Å². The third-order valence-corrected chi connectivity index (χ3v) is 9.15. The van der Waals surface area contributed by atoms with Gasteiger partial charge in [0.1, 0.15) is 11.2 Å². The van der Waals surface area contributed by atoms with Gasteiger partial charge in [-0.1, -0.05) is 127 Å². The van der Waals surface area contributed by atoms with E-state index in [0.717, 1.165) is 55.0 Å². The molecule has 10 aromatic rings. The summed E-state index contributed by atoms with van der Waals surface area (Å²) >= 11 is 0. The summed E-state index contributed by atoms with van der Waals surface area (Å²) in [5, 5.41) is 4.06. The minimum atomic E-state index is -0.482. The molecule has 0 bridgehead atoms. The van der Waals surface area contributed by atoms with Crippen LogP contribution in [-0.2, 0) is 0 Å². The number of aromatic nitrogens is 4. The van der Waals surface area contributed by atoms with Crippen LogP contribution < -0.4 is 0 Å². The van der Waals surface area contributed by atoms with E-state index in [2.05, 4.69) is 82.3 Å². The highest BCUT2D eigenvalue weighted by molar-refractivity contribution is 6.18. The SMILES string of the molecule is [2H]c1c([2H])c([2H])c(-c2nc(-c3ccccc3)nc(-c3ccc4oc5cccc(-n6c7ccccc7c7c(-c8ccccc8)cccc76)c5c4c3)n2)c([2H])c1[2H]. The van der Waals surface area contributed by atoms with Crippen molar-refractivity contribution in [1.29, 1.82) is 0 Å². The first-order valence-electron chi connectivity index (χ1n) is 18.8. The van der Waals surface area contributed by atoms with Gasteiger partial charge in [0.2, 0.25) is 0 Å². The summed E-state index contributed by atoms with van der Waals surface area (Å²) in [5.41, 5.74) is 8.01. The van der Waals surface area contributed by atoms with Crippen molar-refractivity contribution in [2.75, 3.05) is 0 Å². The maximum atomic E-state index is 8.68. The van der Waals surface area contributed by atoms with Crippen molar-refractivity contribution < 1.29 is 11.3 Å². The summed E-state index contributed by atoms with van der Waals surface area (Å²) in [4.78, 5) is 14.3. The Kier molecular flexibility index (Phi) is 5.35. The molecule has 0 fully saturated rings. The molecular formula is C45H28N4O. The lowest BCUT2D eigenvalue weighted by molar-refractivity contribution is 0.669. The third kappa shape index (κ3) is 4.52. The minimum absolute atomic E-state index is 0.0156. The number of hydrogen-bond acceptors (Lipinski definition) is 4. The lowest BCUT2D eigenvalue weighted by Gasteiger charge is -2.11. The Morgan fingerprint density at radius 2 is 1.12 bits per heavy atom. The highest BCUT2D eigenvalue weighted by Gasteiger charge is 2.20. The van der Waals surface area contributed by atoms with Gasteiger partial charge in [-0.25, -0.2) is 15.0 Å². The topological polar surface area (TPSA) is 56.7 Å². The van der Waals surface area contributed by atoms with Crippen LogP contribution in [0.25, 0.3) is 94.7 Å². The van der Waals surface area contributed by atoms with E-state index in [-0.39, 0.29) is 29.3 Å². The average molecular weight is 646 g/mol. The van der Waals surface area contributed by atoms with E-state index in [1.165, 1.54) is 0 Å². The van der Waals surface area contributed by atoms with Crippen molar-refractivity contribution in [1.82, 2.24) is 19.5 Å². The third-order valence-electron chi connectivity index (χ3n) is 9.15. The molecule has 5 heteroatoms. The van der Waals surface area contributed by atoms with Gasteiger partial charge in [-0.05, 0) is 53.6 Å². The molecule has 0 aliphatic heterocycles. The maximum Gasteiger partial charge on any atom is 0.164 e. The normalized spacial score (nSPS) is 13.0. The van der Waals surface area contributed by atoms with Gasteiger partial charge in [-0.15, -0.1) is 0 Å². The molecule has 7 aromatic carbocycles. The molecule has 234 valence electrons. The summed E-state index contributed by atoms with van der Waals surface area (Å²) in [6.45, 7) is 0. The number of hydrogen-bond donors (Lipinski definition) is 0. The quantitative estimate of drug-likeness (QED) is 0.187. The van der Waals surface area contributed by atoms with Crippen LogP contribution in [0.3, 0.4) is 0 Å². The monoisotopic (exact) mass is 645 g/mol. The molecular weight excluding hydrogens is 613 g/mol. The Balaban J connectivity index is 1.23. The lowest BCUT2D eigenvalue weighted by atomic mass is 9.99. The molecule has 10 rings (SSSR count). The second kappa shape index (κ2) is 11.4. The summed E-state index contributed by atoms with van der Waals surface area (Å²) in [6, 6.07) is 44.3. The zero-order chi connectivity index (χ0) is 37.4. The molecule has 3 heterocycles. The number of benzene rings is 7. The second-order valence-corrected chi connectivity index (χ2v) is 12.1. The predicted molar refractivity (Wildman–Crippen MR) is 203 cm³/mol. The Labute approximate surface area is 294 Å². The van der Waals surface area contributed by atoms with Crippen molar-refractivity contribution in [3.8, 4) is 51.0 Å². The van der Waals surface area contributed by atoms with Crippen molar-refractivity contribution in [3.63, 3.8) is 0 Å². The van der Waals surface area contributed by atoms with Crippen LogP contribution in [0, 0.1) is 0 Å². The summed E-state index contributed by atoms with van der Waals surface area (Å²) in [7, 11) is 0. The summed E-state index contributed by atoms with van der Waals surface area (Å²) < 4.78 is 50.9. The van der Waals surface area contributed by atoms with Crippen LogP contribution in [0.5, 0.6) is 0 Å². The Morgan fingerprint density at radius 3 is 1.92 bits per heavy atom. The molecule has 50 heavy (non-hydrogen) atoms. The highest BCUT2D eigenvalue weighted by atomic mass is 16.3. The van der Waals surface area contributed by atoms with Crippen molar-refractivity contribution >= 4 is 43.7 Å². The number of rotatable bonds is 5. The number of furan rings is 1. The van der Waals surface area contributed by atoms with Crippen LogP contribution in [0.1, 0.15) is 6.85 Å². The Bertz CT molecular complexity index is 3130. The van der Waals surface area contributed by atoms with E-state index in [4.69, 9.17) is 21.2 Å². The first kappa shape index (κ1) is 23.5. The van der Waals surface area contributed by atoms with Gasteiger partial charge >= 0.3 is 0 Å². The molecule has 0 radical (unpaired) electrons. The number of fused-ring (bicyclic) bond motifs is 6. The number of nitrogens with zero attached hydrogens (tertiary/aromatic N) is 4. The fraction of sp³-hybridized carbons (Fsp3) is 0. The van der Waals surface area contributed by atoms with Gasteiger partial charge in [0.05, 0.1) is 29.0 Å². The van der Waals surface area contributed by atoms with E-state index in [1.807, 2.05) is 66.7 Å². The van der Waals surface area contributed by atoms with Crippen molar-refractivity contribution in [3.05, 3.63) is 170 Å². The molecule has 0 saturated carbocycles. The standard InChI is InChI=1S/C45H28N4O/c1-4-14-29(15-5-1)33-21-12-23-37-41(33)34-20-10-11-22-36(34)49(37)38-24-13-25-40-42(38)35-28-32(26-27-39(35)50-40)45-47-43(30-16-6-2-7-17-30)46-44(48-45)31-18-8-3-9-19-31/h1-28H/i2D,6D,7D,16D,17D. The largest absolute Gasteiger partial charge is 0.456 e. The fourth-order valence-electron chi connectivity index (χ4n) is 6.97. The Hall–Kier alpha value is -6.85. The zero-order valence-corrected chi connectivity index (χ0v) is 26.5. The molecule has 0 N–H and O–H groups in total. The molecule has 0 amide bonds. The molecule has 0 unspecified atom stereocenters. The molecule has 3 aromatic heterocycles. The maximum absolute atomic E-state index is 8.68. The van der Waals surface area contributed by atoms with Crippen LogP contribution in [0.15, 0.2) is 174 Å². The predicted octanol–water partition coefficient (Wildman–Crippen LogP) is 11.5. The molecule has 0 saturated heterocycles.